The number of methoxy groups -OCH3 is 1. The van der Waals surface area contributed by atoms with Gasteiger partial charge in [-0.2, -0.15) is 0 Å². The summed E-state index contributed by atoms with van der Waals surface area (Å²) in [4.78, 5) is 32.3. The number of carbonyl (C=O) groups excluding carboxylic acids is 2. The Morgan fingerprint density at radius 3 is 1.90 bits per heavy atom. The highest BCUT2D eigenvalue weighted by molar-refractivity contribution is 5.77. The van der Waals surface area contributed by atoms with E-state index in [0.29, 0.717) is 11.5 Å². The van der Waals surface area contributed by atoms with Gasteiger partial charge in [-0.1, -0.05) is 0 Å². The van der Waals surface area contributed by atoms with Gasteiger partial charge in [0, 0.05) is 0 Å². The molecule has 8 heteroatoms. The lowest BCUT2D eigenvalue weighted by atomic mass is 10.3. The summed E-state index contributed by atoms with van der Waals surface area (Å²) < 4.78 is 18.9. The zero-order valence-electron chi connectivity index (χ0n) is 11.2. The van der Waals surface area contributed by atoms with Crippen LogP contribution in [0.1, 0.15) is 0 Å². The summed E-state index contributed by atoms with van der Waals surface area (Å²) in [6, 6.07) is 6.01. The predicted octanol–water partition coefficient (Wildman–Crippen LogP) is 0.245. The van der Waals surface area contributed by atoms with E-state index in [2.05, 4.69) is 9.47 Å². The van der Waals surface area contributed by atoms with Crippen LogP contribution in [0, 0.1) is 0 Å². The standard InChI is InChI=1S/C13H14O8/c1-18-12(16)7-21-13(17)8-20-10-4-2-9(3-5-10)19-6-11(14)15/h2-5H,6-8H2,1H3,(H,14,15). The Kier molecular flexibility index (Phi) is 6.52. The fourth-order valence-electron chi connectivity index (χ4n) is 1.16. The second kappa shape index (κ2) is 8.41. The number of ether oxygens (including phenoxy) is 4. The molecule has 0 amide bonds. The third-order valence-electron chi connectivity index (χ3n) is 2.12. The van der Waals surface area contributed by atoms with Crippen molar-refractivity contribution < 1.29 is 38.4 Å². The number of rotatable bonds is 8. The smallest absolute Gasteiger partial charge is 0.344 e. The molecule has 0 radical (unpaired) electrons. The van der Waals surface area contributed by atoms with Gasteiger partial charge in [-0.05, 0) is 24.3 Å². The summed E-state index contributed by atoms with van der Waals surface area (Å²) in [7, 11) is 1.18. The molecule has 0 atom stereocenters. The molecule has 21 heavy (non-hydrogen) atoms. The molecule has 8 nitrogen and oxygen atoms in total. The normalized spacial score (nSPS) is 9.57. The van der Waals surface area contributed by atoms with Crippen LogP contribution in [0.25, 0.3) is 0 Å². The quantitative estimate of drug-likeness (QED) is 0.680. The van der Waals surface area contributed by atoms with Crippen molar-refractivity contribution in [3.05, 3.63) is 24.3 Å². The van der Waals surface area contributed by atoms with Crippen LogP contribution in [0.5, 0.6) is 11.5 Å². The molecule has 0 saturated carbocycles. The highest BCUT2D eigenvalue weighted by Crippen LogP contribution is 2.17. The summed E-state index contributed by atoms with van der Waals surface area (Å²) in [5.41, 5.74) is 0. The van der Waals surface area contributed by atoms with Crippen molar-refractivity contribution in [3.8, 4) is 11.5 Å². The third-order valence-corrected chi connectivity index (χ3v) is 2.12. The first kappa shape index (κ1) is 16.3. The van der Waals surface area contributed by atoms with Gasteiger partial charge in [-0.3, -0.25) is 0 Å². The molecule has 1 rings (SSSR count). The molecular weight excluding hydrogens is 284 g/mol. The molecule has 114 valence electrons. The van der Waals surface area contributed by atoms with Crippen LogP contribution in [-0.4, -0.2) is 49.9 Å². The summed E-state index contributed by atoms with van der Waals surface area (Å²) in [5, 5.41) is 8.45. The lowest BCUT2D eigenvalue weighted by molar-refractivity contribution is -0.158. The Morgan fingerprint density at radius 1 is 0.905 bits per heavy atom. The second-order valence-electron chi connectivity index (χ2n) is 3.68. The van der Waals surface area contributed by atoms with Crippen LogP contribution in [0.4, 0.5) is 0 Å². The van der Waals surface area contributed by atoms with E-state index in [4.69, 9.17) is 14.6 Å². The van der Waals surface area contributed by atoms with E-state index in [1.54, 1.807) is 0 Å². The molecule has 0 aromatic heterocycles. The zero-order valence-corrected chi connectivity index (χ0v) is 11.2. The van der Waals surface area contributed by atoms with Crippen molar-refractivity contribution in [3.63, 3.8) is 0 Å². The fourth-order valence-corrected chi connectivity index (χ4v) is 1.16. The van der Waals surface area contributed by atoms with E-state index < -0.39 is 31.1 Å². The lowest BCUT2D eigenvalue weighted by Gasteiger charge is -2.07. The molecule has 0 spiro atoms. The van der Waals surface area contributed by atoms with Crippen LogP contribution in [-0.2, 0) is 23.9 Å². The first-order valence-electron chi connectivity index (χ1n) is 5.81. The second-order valence-corrected chi connectivity index (χ2v) is 3.68. The molecule has 1 aromatic carbocycles. The van der Waals surface area contributed by atoms with Crippen molar-refractivity contribution in [2.24, 2.45) is 0 Å². The fraction of sp³-hybridized carbons (Fsp3) is 0.308. The number of esters is 2. The Morgan fingerprint density at radius 2 is 1.43 bits per heavy atom. The molecule has 0 bridgehead atoms. The van der Waals surface area contributed by atoms with Gasteiger partial charge in [0.2, 0.25) is 0 Å². The predicted molar refractivity (Wildman–Crippen MR) is 68.0 cm³/mol. The number of carbonyl (C=O) groups is 3. The number of hydrogen-bond donors (Lipinski definition) is 1. The molecule has 1 N–H and O–H groups in total. The molecule has 1 aromatic rings. The van der Waals surface area contributed by atoms with Crippen LogP contribution in [0.15, 0.2) is 24.3 Å². The molecule has 0 fully saturated rings. The topological polar surface area (TPSA) is 108 Å². The van der Waals surface area contributed by atoms with Crippen LogP contribution >= 0.6 is 0 Å². The Balaban J connectivity index is 2.33. The van der Waals surface area contributed by atoms with Gasteiger partial charge in [-0.15, -0.1) is 0 Å². The minimum absolute atomic E-state index is 0.359. The van der Waals surface area contributed by atoms with E-state index in [1.807, 2.05) is 0 Å². The number of hydrogen-bond acceptors (Lipinski definition) is 7. The van der Waals surface area contributed by atoms with E-state index in [9.17, 15) is 14.4 Å². The minimum atomic E-state index is -1.08. The molecule has 0 aliphatic heterocycles. The average Bonchev–Trinajstić information content (AvgIpc) is 2.49. The summed E-state index contributed by atoms with van der Waals surface area (Å²) in [6.45, 7) is -1.28. The molecular formula is C13H14O8. The van der Waals surface area contributed by atoms with E-state index >= 15 is 0 Å². The number of benzene rings is 1. The monoisotopic (exact) mass is 298 g/mol. The van der Waals surface area contributed by atoms with Crippen LogP contribution < -0.4 is 9.47 Å². The maximum absolute atomic E-state index is 11.2. The van der Waals surface area contributed by atoms with Gasteiger partial charge in [-0.25, -0.2) is 14.4 Å². The van der Waals surface area contributed by atoms with Crippen LogP contribution in [0.2, 0.25) is 0 Å². The van der Waals surface area contributed by atoms with E-state index in [0.717, 1.165) is 0 Å². The minimum Gasteiger partial charge on any atom is -0.482 e. The highest BCUT2D eigenvalue weighted by atomic mass is 16.6. The first-order chi connectivity index (χ1) is 10.0. The number of carboxylic acids is 1. The van der Waals surface area contributed by atoms with Crippen molar-refractivity contribution in [2.75, 3.05) is 26.9 Å². The van der Waals surface area contributed by atoms with Gasteiger partial charge >= 0.3 is 17.9 Å². The lowest BCUT2D eigenvalue weighted by Crippen LogP contribution is -2.20. The molecule has 0 unspecified atom stereocenters. The zero-order chi connectivity index (χ0) is 15.7. The molecule has 0 aliphatic rings. The van der Waals surface area contributed by atoms with Gasteiger partial charge in [0.15, 0.2) is 19.8 Å². The molecule has 0 saturated heterocycles. The van der Waals surface area contributed by atoms with Gasteiger partial charge < -0.3 is 24.1 Å². The largest absolute Gasteiger partial charge is 0.482 e. The summed E-state index contributed by atoms with van der Waals surface area (Å²) >= 11 is 0. The maximum atomic E-state index is 11.2. The van der Waals surface area contributed by atoms with Gasteiger partial charge in [0.1, 0.15) is 11.5 Å². The Hall–Kier alpha value is -2.77. The Labute approximate surface area is 120 Å². The first-order valence-corrected chi connectivity index (χ1v) is 5.81. The van der Waals surface area contributed by atoms with Crippen molar-refractivity contribution >= 4 is 17.9 Å². The van der Waals surface area contributed by atoms with Crippen molar-refractivity contribution in [2.45, 2.75) is 0 Å². The SMILES string of the molecule is COC(=O)COC(=O)COc1ccc(OCC(=O)O)cc1. The number of aliphatic carboxylic acids is 1. The highest BCUT2D eigenvalue weighted by Gasteiger charge is 2.08. The molecule has 0 heterocycles. The van der Waals surface area contributed by atoms with Crippen molar-refractivity contribution in [1.29, 1.82) is 0 Å². The summed E-state index contributed by atoms with van der Waals surface area (Å²) in [6.07, 6.45) is 0. The number of carboxylic acid groups (broad SMARTS) is 1. The maximum Gasteiger partial charge on any atom is 0.344 e. The van der Waals surface area contributed by atoms with E-state index in [-0.39, 0.29) is 6.61 Å². The summed E-state index contributed by atoms with van der Waals surface area (Å²) in [5.74, 6) is -1.73. The Bertz CT molecular complexity index is 493. The average molecular weight is 298 g/mol. The molecule has 0 aliphatic carbocycles. The van der Waals surface area contributed by atoms with Gasteiger partial charge in [0.25, 0.3) is 0 Å². The van der Waals surface area contributed by atoms with Crippen LogP contribution in [0.3, 0.4) is 0 Å². The van der Waals surface area contributed by atoms with E-state index in [1.165, 1.54) is 31.4 Å². The third kappa shape index (κ3) is 6.81. The van der Waals surface area contributed by atoms with Gasteiger partial charge in [0.05, 0.1) is 7.11 Å². The van der Waals surface area contributed by atoms with Crippen molar-refractivity contribution in [1.82, 2.24) is 0 Å².